The standard InChI is InChI=1S/C15H18BrNO3/c1-10(18)8-14-6-7-17(15(19)20-14)11(2)12-4-3-5-13(16)9-12/h3-5,9,11,14H,6-8H2,1-2H3. The van der Waals surface area contributed by atoms with E-state index in [1.165, 1.54) is 6.92 Å². The van der Waals surface area contributed by atoms with Crippen LogP contribution in [-0.4, -0.2) is 29.4 Å². The molecule has 1 amide bonds. The molecule has 0 aromatic heterocycles. The van der Waals surface area contributed by atoms with Crippen molar-refractivity contribution in [2.45, 2.75) is 38.8 Å². The minimum Gasteiger partial charge on any atom is -0.446 e. The van der Waals surface area contributed by atoms with E-state index in [2.05, 4.69) is 15.9 Å². The molecule has 1 aromatic carbocycles. The number of rotatable bonds is 4. The molecule has 1 saturated heterocycles. The summed E-state index contributed by atoms with van der Waals surface area (Å²) in [6.07, 6.45) is 0.398. The number of cyclic esters (lactones) is 1. The molecular weight excluding hydrogens is 322 g/mol. The molecule has 1 aliphatic rings. The summed E-state index contributed by atoms with van der Waals surface area (Å²) in [5.74, 6) is 0.0521. The van der Waals surface area contributed by atoms with Gasteiger partial charge < -0.3 is 9.64 Å². The van der Waals surface area contributed by atoms with Crippen LogP contribution in [0.4, 0.5) is 4.79 Å². The minimum absolute atomic E-state index is 0.0433. The van der Waals surface area contributed by atoms with Gasteiger partial charge in [0.25, 0.3) is 0 Å². The third kappa shape index (κ3) is 3.60. The monoisotopic (exact) mass is 339 g/mol. The third-order valence-corrected chi connectivity index (χ3v) is 4.00. The normalized spacial score (nSPS) is 20.4. The first-order valence-electron chi connectivity index (χ1n) is 6.69. The molecule has 1 heterocycles. The van der Waals surface area contributed by atoms with Gasteiger partial charge in [-0.2, -0.15) is 0 Å². The van der Waals surface area contributed by atoms with E-state index in [-0.39, 0.29) is 24.0 Å². The first-order chi connectivity index (χ1) is 9.47. The second-order valence-corrected chi connectivity index (χ2v) is 6.04. The fourth-order valence-corrected chi connectivity index (χ4v) is 2.82. The van der Waals surface area contributed by atoms with Gasteiger partial charge in [0.05, 0.1) is 6.04 Å². The molecule has 1 aliphatic heterocycles. The predicted molar refractivity (Wildman–Crippen MR) is 79.4 cm³/mol. The average molecular weight is 340 g/mol. The van der Waals surface area contributed by atoms with E-state index in [0.717, 1.165) is 10.0 Å². The first-order valence-corrected chi connectivity index (χ1v) is 7.49. The van der Waals surface area contributed by atoms with Crippen molar-refractivity contribution in [3.8, 4) is 0 Å². The molecule has 0 aliphatic carbocycles. The number of carbonyl (C=O) groups excluding carboxylic acids is 2. The molecular formula is C15H18BrNO3. The molecule has 0 radical (unpaired) electrons. The number of hydrogen-bond acceptors (Lipinski definition) is 3. The largest absolute Gasteiger partial charge is 0.446 e. The number of amides is 1. The van der Waals surface area contributed by atoms with Crippen molar-refractivity contribution in [3.63, 3.8) is 0 Å². The van der Waals surface area contributed by atoms with Crippen molar-refractivity contribution >= 4 is 27.8 Å². The maximum atomic E-state index is 12.1. The summed E-state index contributed by atoms with van der Waals surface area (Å²) < 4.78 is 6.32. The van der Waals surface area contributed by atoms with E-state index in [1.807, 2.05) is 31.2 Å². The minimum atomic E-state index is -0.338. The zero-order valence-electron chi connectivity index (χ0n) is 11.6. The molecule has 4 nitrogen and oxygen atoms in total. The average Bonchev–Trinajstić information content (AvgIpc) is 2.37. The predicted octanol–water partition coefficient (Wildman–Crippen LogP) is 3.70. The van der Waals surface area contributed by atoms with Gasteiger partial charge in [-0.3, -0.25) is 4.79 Å². The van der Waals surface area contributed by atoms with E-state index in [4.69, 9.17) is 4.74 Å². The molecule has 1 aromatic rings. The lowest BCUT2D eigenvalue weighted by Crippen LogP contribution is -2.43. The van der Waals surface area contributed by atoms with Crippen LogP contribution in [0.1, 0.15) is 38.3 Å². The topological polar surface area (TPSA) is 46.6 Å². The highest BCUT2D eigenvalue weighted by molar-refractivity contribution is 9.10. The molecule has 108 valence electrons. The number of carbonyl (C=O) groups is 2. The molecule has 2 rings (SSSR count). The van der Waals surface area contributed by atoms with Crippen LogP contribution >= 0.6 is 15.9 Å². The Balaban J connectivity index is 2.04. The highest BCUT2D eigenvalue weighted by atomic mass is 79.9. The second kappa shape index (κ2) is 6.39. The smallest absolute Gasteiger partial charge is 0.410 e. The Kier molecular flexibility index (Phi) is 4.81. The Morgan fingerprint density at radius 3 is 2.90 bits per heavy atom. The van der Waals surface area contributed by atoms with Crippen LogP contribution in [0, 0.1) is 0 Å². The van der Waals surface area contributed by atoms with Crippen LogP contribution in [0.25, 0.3) is 0 Å². The summed E-state index contributed by atoms with van der Waals surface area (Å²) in [5.41, 5.74) is 1.06. The van der Waals surface area contributed by atoms with E-state index in [9.17, 15) is 9.59 Å². The zero-order valence-corrected chi connectivity index (χ0v) is 13.2. The molecule has 20 heavy (non-hydrogen) atoms. The lowest BCUT2D eigenvalue weighted by Gasteiger charge is -2.35. The van der Waals surface area contributed by atoms with Crippen molar-refractivity contribution < 1.29 is 14.3 Å². The number of Topliss-reactive ketones (excluding diaryl/α,β-unsaturated/α-hetero) is 1. The summed E-state index contributed by atoms with van der Waals surface area (Å²) in [5, 5.41) is 0. The molecule has 2 atom stereocenters. The molecule has 2 unspecified atom stereocenters. The van der Waals surface area contributed by atoms with Crippen LogP contribution in [0.3, 0.4) is 0 Å². The SMILES string of the molecule is CC(=O)CC1CCN(C(C)c2cccc(Br)c2)C(=O)O1. The Bertz CT molecular complexity index is 518. The van der Waals surface area contributed by atoms with Gasteiger partial charge in [-0.1, -0.05) is 28.1 Å². The first kappa shape index (κ1) is 15.0. The number of hydrogen-bond donors (Lipinski definition) is 0. The molecule has 0 saturated carbocycles. The van der Waals surface area contributed by atoms with E-state index >= 15 is 0 Å². The van der Waals surface area contributed by atoms with Crippen molar-refractivity contribution in [2.24, 2.45) is 0 Å². The maximum absolute atomic E-state index is 12.1. The van der Waals surface area contributed by atoms with Crippen LogP contribution in [-0.2, 0) is 9.53 Å². The summed E-state index contributed by atoms with van der Waals surface area (Å²) >= 11 is 3.43. The maximum Gasteiger partial charge on any atom is 0.410 e. The van der Waals surface area contributed by atoms with Crippen LogP contribution in [0.5, 0.6) is 0 Å². The van der Waals surface area contributed by atoms with Gasteiger partial charge in [-0.25, -0.2) is 4.79 Å². The van der Waals surface area contributed by atoms with Crippen LogP contribution in [0.2, 0.25) is 0 Å². The van der Waals surface area contributed by atoms with Crippen molar-refractivity contribution in [1.29, 1.82) is 0 Å². The fraction of sp³-hybridized carbons (Fsp3) is 0.467. The van der Waals surface area contributed by atoms with Crippen LogP contribution < -0.4 is 0 Å². The molecule has 0 N–H and O–H groups in total. The Hall–Kier alpha value is -1.36. The number of nitrogens with zero attached hydrogens (tertiary/aromatic N) is 1. The summed E-state index contributed by atoms with van der Waals surface area (Å²) in [4.78, 5) is 24.9. The Labute approximate surface area is 127 Å². The Morgan fingerprint density at radius 2 is 2.30 bits per heavy atom. The Morgan fingerprint density at radius 1 is 1.55 bits per heavy atom. The molecule has 0 spiro atoms. The quantitative estimate of drug-likeness (QED) is 0.840. The number of ketones is 1. The van der Waals surface area contributed by atoms with Crippen molar-refractivity contribution in [3.05, 3.63) is 34.3 Å². The number of ether oxygens (including phenoxy) is 1. The third-order valence-electron chi connectivity index (χ3n) is 3.51. The van der Waals surface area contributed by atoms with Crippen molar-refractivity contribution in [1.82, 2.24) is 4.90 Å². The summed E-state index contributed by atoms with van der Waals surface area (Å²) in [7, 11) is 0. The highest BCUT2D eigenvalue weighted by Crippen LogP contribution is 2.27. The number of benzene rings is 1. The molecule has 1 fully saturated rings. The van der Waals surface area contributed by atoms with Gasteiger partial charge in [-0.15, -0.1) is 0 Å². The summed E-state index contributed by atoms with van der Waals surface area (Å²) in [6.45, 7) is 4.11. The molecule has 5 heteroatoms. The fourth-order valence-electron chi connectivity index (χ4n) is 2.41. The van der Waals surface area contributed by atoms with Gasteiger partial charge >= 0.3 is 6.09 Å². The van der Waals surface area contributed by atoms with E-state index < -0.39 is 0 Å². The lowest BCUT2D eigenvalue weighted by molar-refractivity contribution is -0.119. The zero-order chi connectivity index (χ0) is 14.7. The van der Waals surface area contributed by atoms with Gasteiger partial charge in [0.15, 0.2) is 0 Å². The lowest BCUT2D eigenvalue weighted by atomic mass is 10.0. The number of halogens is 1. The van der Waals surface area contributed by atoms with Gasteiger partial charge in [0.1, 0.15) is 11.9 Å². The summed E-state index contributed by atoms with van der Waals surface area (Å²) in [6, 6.07) is 7.85. The second-order valence-electron chi connectivity index (χ2n) is 5.12. The molecule has 0 bridgehead atoms. The van der Waals surface area contributed by atoms with Crippen molar-refractivity contribution in [2.75, 3.05) is 6.54 Å². The van der Waals surface area contributed by atoms with Gasteiger partial charge in [0.2, 0.25) is 0 Å². The highest BCUT2D eigenvalue weighted by Gasteiger charge is 2.31. The van der Waals surface area contributed by atoms with Crippen LogP contribution in [0.15, 0.2) is 28.7 Å². The van der Waals surface area contributed by atoms with Gasteiger partial charge in [-0.05, 0) is 31.5 Å². The van der Waals surface area contributed by atoms with Gasteiger partial charge in [0, 0.05) is 23.9 Å². The van der Waals surface area contributed by atoms with E-state index in [0.29, 0.717) is 19.4 Å². The van der Waals surface area contributed by atoms with E-state index in [1.54, 1.807) is 4.90 Å².